The van der Waals surface area contributed by atoms with Crippen LogP contribution in [-0.4, -0.2) is 29.2 Å². The molecular formula is C14H23NO. The van der Waals surface area contributed by atoms with Crippen LogP contribution in [0.3, 0.4) is 0 Å². The van der Waals surface area contributed by atoms with Crippen molar-refractivity contribution in [3.63, 3.8) is 0 Å². The van der Waals surface area contributed by atoms with E-state index in [0.29, 0.717) is 0 Å². The predicted octanol–water partition coefficient (Wildman–Crippen LogP) is 2.51. The lowest BCUT2D eigenvalue weighted by Gasteiger charge is -2.34. The first-order chi connectivity index (χ1) is 7.36. The first kappa shape index (κ1) is 13.2. The van der Waals surface area contributed by atoms with E-state index in [9.17, 15) is 5.11 Å². The van der Waals surface area contributed by atoms with E-state index in [1.165, 1.54) is 16.7 Å². The van der Waals surface area contributed by atoms with Crippen molar-refractivity contribution in [2.24, 2.45) is 0 Å². The quantitative estimate of drug-likeness (QED) is 0.844. The first-order valence-electron chi connectivity index (χ1n) is 5.75. The second-order valence-corrected chi connectivity index (χ2v) is 5.25. The van der Waals surface area contributed by atoms with Crippen LogP contribution in [0.4, 0.5) is 0 Å². The highest BCUT2D eigenvalue weighted by Crippen LogP contribution is 2.17. The molecular weight excluding hydrogens is 198 g/mol. The van der Waals surface area contributed by atoms with E-state index in [4.69, 9.17) is 0 Å². The SMILES string of the molecule is Cc1ccc(CN(C)C(C)(C)CO)cc1C. The number of aliphatic hydroxyl groups excluding tert-OH is 1. The fraction of sp³-hybridized carbons (Fsp3) is 0.571. The van der Waals surface area contributed by atoms with Crippen LogP contribution in [0.5, 0.6) is 0 Å². The minimum atomic E-state index is -0.168. The molecule has 1 aromatic rings. The fourth-order valence-electron chi connectivity index (χ4n) is 1.51. The summed E-state index contributed by atoms with van der Waals surface area (Å²) in [5.41, 5.74) is 3.78. The monoisotopic (exact) mass is 221 g/mol. The van der Waals surface area contributed by atoms with Crippen LogP contribution < -0.4 is 0 Å². The first-order valence-corrected chi connectivity index (χ1v) is 5.75. The van der Waals surface area contributed by atoms with Gasteiger partial charge in [-0.1, -0.05) is 18.2 Å². The Morgan fingerprint density at radius 1 is 1.19 bits per heavy atom. The zero-order chi connectivity index (χ0) is 12.3. The van der Waals surface area contributed by atoms with Crippen LogP contribution in [0.25, 0.3) is 0 Å². The Bertz CT molecular complexity index is 358. The zero-order valence-electron chi connectivity index (χ0n) is 11.0. The third-order valence-corrected chi connectivity index (χ3v) is 3.41. The molecule has 0 saturated carbocycles. The summed E-state index contributed by atoms with van der Waals surface area (Å²) in [7, 11) is 2.05. The van der Waals surface area contributed by atoms with Crippen molar-refractivity contribution in [1.82, 2.24) is 4.90 Å². The highest BCUT2D eigenvalue weighted by molar-refractivity contribution is 5.29. The van der Waals surface area contributed by atoms with Crippen molar-refractivity contribution in [3.8, 4) is 0 Å². The lowest BCUT2D eigenvalue weighted by Crippen LogP contribution is -2.43. The molecule has 90 valence electrons. The summed E-state index contributed by atoms with van der Waals surface area (Å²) in [4.78, 5) is 2.18. The van der Waals surface area contributed by atoms with Crippen molar-refractivity contribution in [2.45, 2.75) is 39.8 Å². The number of rotatable bonds is 4. The van der Waals surface area contributed by atoms with Gasteiger partial charge in [0.15, 0.2) is 0 Å². The average Bonchev–Trinajstić information content (AvgIpc) is 2.23. The molecule has 0 aliphatic heterocycles. The van der Waals surface area contributed by atoms with Gasteiger partial charge in [-0.2, -0.15) is 0 Å². The molecule has 0 atom stereocenters. The summed E-state index contributed by atoms with van der Waals surface area (Å²) in [5, 5.41) is 9.30. The Hall–Kier alpha value is -0.860. The van der Waals surface area contributed by atoms with E-state index >= 15 is 0 Å². The molecule has 0 aliphatic rings. The van der Waals surface area contributed by atoms with E-state index in [-0.39, 0.29) is 12.1 Å². The summed E-state index contributed by atoms with van der Waals surface area (Å²) < 4.78 is 0. The van der Waals surface area contributed by atoms with E-state index in [0.717, 1.165) is 6.54 Å². The summed E-state index contributed by atoms with van der Waals surface area (Å²) >= 11 is 0. The Kier molecular flexibility index (Phi) is 4.11. The molecule has 1 aromatic carbocycles. The molecule has 16 heavy (non-hydrogen) atoms. The lowest BCUT2D eigenvalue weighted by molar-refractivity contribution is 0.0734. The van der Waals surface area contributed by atoms with Crippen LogP contribution in [0.15, 0.2) is 18.2 Å². The number of nitrogens with zero attached hydrogens (tertiary/aromatic N) is 1. The van der Waals surface area contributed by atoms with Crippen LogP contribution in [0, 0.1) is 13.8 Å². The standard InChI is InChI=1S/C14H23NO/c1-11-6-7-13(8-12(11)2)9-15(5)14(3,4)10-16/h6-8,16H,9-10H2,1-5H3. The number of aliphatic hydroxyl groups is 1. The Balaban J connectivity index is 2.77. The Morgan fingerprint density at radius 3 is 2.31 bits per heavy atom. The third-order valence-electron chi connectivity index (χ3n) is 3.41. The van der Waals surface area contributed by atoms with Crippen LogP contribution in [0.2, 0.25) is 0 Å². The van der Waals surface area contributed by atoms with Crippen molar-refractivity contribution in [3.05, 3.63) is 34.9 Å². The van der Waals surface area contributed by atoms with Gasteiger partial charge in [-0.25, -0.2) is 0 Å². The number of hydrogen-bond acceptors (Lipinski definition) is 2. The number of aryl methyl sites for hydroxylation is 2. The minimum absolute atomic E-state index is 0.168. The van der Waals surface area contributed by atoms with Gasteiger partial charge in [-0.3, -0.25) is 4.90 Å². The van der Waals surface area contributed by atoms with Gasteiger partial charge in [-0.15, -0.1) is 0 Å². The summed E-state index contributed by atoms with van der Waals surface area (Å²) in [6.45, 7) is 9.40. The van der Waals surface area contributed by atoms with Crippen LogP contribution in [-0.2, 0) is 6.54 Å². The highest BCUT2D eigenvalue weighted by Gasteiger charge is 2.22. The smallest absolute Gasteiger partial charge is 0.0610 e. The number of hydrogen-bond donors (Lipinski definition) is 1. The fourth-order valence-corrected chi connectivity index (χ4v) is 1.51. The minimum Gasteiger partial charge on any atom is -0.394 e. The molecule has 1 N–H and O–H groups in total. The molecule has 0 amide bonds. The predicted molar refractivity (Wildman–Crippen MR) is 68.5 cm³/mol. The second kappa shape index (κ2) is 4.98. The number of likely N-dealkylation sites (N-methyl/N-ethyl adjacent to an activating group) is 1. The topological polar surface area (TPSA) is 23.5 Å². The van der Waals surface area contributed by atoms with Gasteiger partial charge >= 0.3 is 0 Å². The van der Waals surface area contributed by atoms with Crippen molar-refractivity contribution < 1.29 is 5.11 Å². The molecule has 0 unspecified atom stereocenters. The molecule has 0 fully saturated rings. The summed E-state index contributed by atoms with van der Waals surface area (Å²) in [5.74, 6) is 0. The molecule has 0 bridgehead atoms. The maximum atomic E-state index is 9.30. The van der Waals surface area contributed by atoms with E-state index in [2.05, 4.69) is 36.9 Å². The Morgan fingerprint density at radius 2 is 1.81 bits per heavy atom. The molecule has 2 nitrogen and oxygen atoms in total. The normalized spacial score (nSPS) is 12.2. The third kappa shape index (κ3) is 3.06. The van der Waals surface area contributed by atoms with Gasteiger partial charge in [0, 0.05) is 12.1 Å². The van der Waals surface area contributed by atoms with Crippen LogP contribution in [0.1, 0.15) is 30.5 Å². The van der Waals surface area contributed by atoms with Crippen molar-refractivity contribution >= 4 is 0 Å². The molecule has 1 rings (SSSR count). The van der Waals surface area contributed by atoms with Crippen LogP contribution >= 0.6 is 0 Å². The molecule has 0 aromatic heterocycles. The van der Waals surface area contributed by atoms with Gasteiger partial charge in [-0.05, 0) is 51.4 Å². The van der Waals surface area contributed by atoms with E-state index < -0.39 is 0 Å². The van der Waals surface area contributed by atoms with Crippen molar-refractivity contribution in [2.75, 3.05) is 13.7 Å². The van der Waals surface area contributed by atoms with Gasteiger partial charge in [0.25, 0.3) is 0 Å². The average molecular weight is 221 g/mol. The highest BCUT2D eigenvalue weighted by atomic mass is 16.3. The molecule has 0 aliphatic carbocycles. The molecule has 0 spiro atoms. The maximum Gasteiger partial charge on any atom is 0.0610 e. The van der Waals surface area contributed by atoms with Crippen molar-refractivity contribution in [1.29, 1.82) is 0 Å². The van der Waals surface area contributed by atoms with Gasteiger partial charge < -0.3 is 5.11 Å². The van der Waals surface area contributed by atoms with E-state index in [1.54, 1.807) is 0 Å². The largest absolute Gasteiger partial charge is 0.394 e. The summed E-state index contributed by atoms with van der Waals surface area (Å²) in [6, 6.07) is 6.54. The van der Waals surface area contributed by atoms with E-state index in [1.807, 2.05) is 20.9 Å². The second-order valence-electron chi connectivity index (χ2n) is 5.25. The molecule has 0 saturated heterocycles. The molecule has 0 radical (unpaired) electrons. The van der Waals surface area contributed by atoms with Gasteiger partial charge in [0.05, 0.1) is 6.61 Å². The molecule has 2 heteroatoms. The summed E-state index contributed by atoms with van der Waals surface area (Å²) in [6.07, 6.45) is 0. The molecule has 0 heterocycles. The lowest BCUT2D eigenvalue weighted by atomic mass is 10.0. The maximum absolute atomic E-state index is 9.30. The van der Waals surface area contributed by atoms with Gasteiger partial charge in [0.1, 0.15) is 0 Å². The van der Waals surface area contributed by atoms with Gasteiger partial charge in [0.2, 0.25) is 0 Å². The number of benzene rings is 1. The Labute approximate surface area is 98.9 Å². The zero-order valence-corrected chi connectivity index (χ0v) is 11.0.